The minimum absolute atomic E-state index is 0.0309. The normalized spacial score (nSPS) is 12.7. The van der Waals surface area contributed by atoms with E-state index < -0.39 is 35.9 Å². The second-order valence-electron chi connectivity index (χ2n) is 5.47. The maximum absolute atomic E-state index is 12.8. The van der Waals surface area contributed by atoms with Crippen molar-refractivity contribution in [3.63, 3.8) is 0 Å². The summed E-state index contributed by atoms with van der Waals surface area (Å²) in [4.78, 5) is 22.6. The number of ether oxygens (including phenoxy) is 2. The SMILES string of the molecule is CCC(C)(C)C(=O)OCCNC(=O)OCC(F)(F)C(C)(F)F. The van der Waals surface area contributed by atoms with Crippen LogP contribution in [0.15, 0.2) is 0 Å². The second-order valence-corrected chi connectivity index (χ2v) is 5.47. The van der Waals surface area contributed by atoms with Crippen molar-refractivity contribution in [3.05, 3.63) is 0 Å². The Bertz CT molecular complexity index is 394. The van der Waals surface area contributed by atoms with Crippen molar-refractivity contribution < 1.29 is 36.6 Å². The molecule has 1 amide bonds. The van der Waals surface area contributed by atoms with Crippen molar-refractivity contribution in [2.45, 2.75) is 46.0 Å². The van der Waals surface area contributed by atoms with Crippen molar-refractivity contribution in [2.24, 2.45) is 5.41 Å². The van der Waals surface area contributed by atoms with Crippen molar-refractivity contribution in [1.82, 2.24) is 5.32 Å². The Kier molecular flexibility index (Phi) is 7.11. The highest BCUT2D eigenvalue weighted by atomic mass is 19.3. The lowest BCUT2D eigenvalue weighted by Gasteiger charge is -2.22. The molecule has 0 aliphatic carbocycles. The van der Waals surface area contributed by atoms with E-state index in [1.807, 2.05) is 5.32 Å². The van der Waals surface area contributed by atoms with Crippen LogP contribution >= 0.6 is 0 Å². The van der Waals surface area contributed by atoms with E-state index in [1.165, 1.54) is 0 Å². The molecule has 0 saturated heterocycles. The maximum Gasteiger partial charge on any atom is 0.407 e. The molecule has 0 heterocycles. The monoisotopic (exact) mass is 331 g/mol. The number of alkyl halides is 4. The van der Waals surface area contributed by atoms with E-state index in [1.54, 1.807) is 20.8 Å². The van der Waals surface area contributed by atoms with Crippen LogP contribution in [-0.2, 0) is 14.3 Å². The van der Waals surface area contributed by atoms with E-state index in [9.17, 15) is 27.2 Å². The molecule has 0 rings (SSSR count). The van der Waals surface area contributed by atoms with E-state index in [0.717, 1.165) is 0 Å². The third-order valence-corrected chi connectivity index (χ3v) is 3.07. The summed E-state index contributed by atoms with van der Waals surface area (Å²) in [5.74, 6) is -9.22. The van der Waals surface area contributed by atoms with Crippen molar-refractivity contribution in [1.29, 1.82) is 0 Å². The van der Waals surface area contributed by atoms with Gasteiger partial charge in [0.1, 0.15) is 6.61 Å². The number of amides is 1. The van der Waals surface area contributed by atoms with E-state index in [4.69, 9.17) is 4.74 Å². The van der Waals surface area contributed by atoms with E-state index in [2.05, 4.69) is 4.74 Å². The fourth-order valence-corrected chi connectivity index (χ4v) is 0.970. The van der Waals surface area contributed by atoms with Gasteiger partial charge in [0, 0.05) is 6.92 Å². The van der Waals surface area contributed by atoms with Crippen LogP contribution < -0.4 is 5.32 Å². The Morgan fingerprint density at radius 1 is 1.05 bits per heavy atom. The lowest BCUT2D eigenvalue weighted by atomic mass is 9.91. The van der Waals surface area contributed by atoms with Gasteiger partial charge in [-0.25, -0.2) is 13.6 Å². The first-order valence-electron chi connectivity index (χ1n) is 6.67. The predicted octanol–water partition coefficient (Wildman–Crippen LogP) is 2.98. The molecule has 0 fully saturated rings. The zero-order chi connectivity index (χ0) is 17.6. The number of nitrogens with one attached hydrogen (secondary N) is 1. The molecule has 0 aromatic rings. The van der Waals surface area contributed by atoms with Gasteiger partial charge in [-0.05, 0) is 20.3 Å². The number of rotatable bonds is 8. The van der Waals surface area contributed by atoms with Gasteiger partial charge in [0.15, 0.2) is 6.61 Å². The number of halogens is 4. The third-order valence-electron chi connectivity index (χ3n) is 3.07. The smallest absolute Gasteiger partial charge is 0.407 e. The third kappa shape index (κ3) is 6.48. The summed E-state index contributed by atoms with van der Waals surface area (Å²) in [5.41, 5.74) is -0.671. The summed E-state index contributed by atoms with van der Waals surface area (Å²) < 4.78 is 59.5. The predicted molar refractivity (Wildman–Crippen MR) is 69.9 cm³/mol. The van der Waals surface area contributed by atoms with Crippen LogP contribution in [0.5, 0.6) is 0 Å². The van der Waals surface area contributed by atoms with Gasteiger partial charge in [0.25, 0.3) is 0 Å². The van der Waals surface area contributed by atoms with Crippen LogP contribution in [0.2, 0.25) is 0 Å². The van der Waals surface area contributed by atoms with Crippen LogP contribution in [0.25, 0.3) is 0 Å². The van der Waals surface area contributed by atoms with E-state index >= 15 is 0 Å². The van der Waals surface area contributed by atoms with Crippen LogP contribution in [-0.4, -0.2) is 43.7 Å². The molecule has 0 spiro atoms. The van der Waals surface area contributed by atoms with E-state index in [-0.39, 0.29) is 20.1 Å². The van der Waals surface area contributed by atoms with Gasteiger partial charge in [-0.3, -0.25) is 4.79 Å². The number of carbonyl (C=O) groups excluding carboxylic acids is 2. The van der Waals surface area contributed by atoms with Crippen molar-refractivity contribution in [3.8, 4) is 0 Å². The van der Waals surface area contributed by atoms with Gasteiger partial charge in [-0.15, -0.1) is 0 Å². The Morgan fingerprint density at radius 2 is 1.59 bits per heavy atom. The molecule has 0 atom stereocenters. The summed E-state index contributed by atoms with van der Waals surface area (Å²) in [7, 11) is 0. The zero-order valence-electron chi connectivity index (χ0n) is 13.0. The summed E-state index contributed by atoms with van der Waals surface area (Å²) in [6, 6.07) is 0. The van der Waals surface area contributed by atoms with Crippen molar-refractivity contribution >= 4 is 12.1 Å². The minimum Gasteiger partial charge on any atom is -0.463 e. The molecular formula is C13H21F4NO4. The fraction of sp³-hybridized carbons (Fsp3) is 0.846. The summed E-state index contributed by atoms with van der Waals surface area (Å²) in [6.45, 7) is 3.10. The quantitative estimate of drug-likeness (QED) is 0.422. The van der Waals surface area contributed by atoms with Crippen LogP contribution in [0, 0.1) is 5.41 Å². The Morgan fingerprint density at radius 3 is 2.05 bits per heavy atom. The van der Waals surface area contributed by atoms with E-state index in [0.29, 0.717) is 6.42 Å². The maximum atomic E-state index is 12.8. The highest BCUT2D eigenvalue weighted by molar-refractivity contribution is 5.75. The first-order chi connectivity index (χ1) is 9.83. The van der Waals surface area contributed by atoms with Crippen LogP contribution in [0.4, 0.5) is 22.4 Å². The van der Waals surface area contributed by atoms with Gasteiger partial charge in [-0.1, -0.05) is 6.92 Å². The molecule has 0 aliphatic heterocycles. The molecule has 0 aromatic carbocycles. The largest absolute Gasteiger partial charge is 0.463 e. The van der Waals surface area contributed by atoms with Crippen LogP contribution in [0.3, 0.4) is 0 Å². The molecule has 0 bridgehead atoms. The number of hydrogen-bond donors (Lipinski definition) is 1. The molecule has 0 aliphatic rings. The topological polar surface area (TPSA) is 64.6 Å². The van der Waals surface area contributed by atoms with Crippen LogP contribution in [0.1, 0.15) is 34.1 Å². The molecule has 1 N–H and O–H groups in total. The Balaban J connectivity index is 4.01. The molecule has 0 unspecified atom stereocenters. The average molecular weight is 331 g/mol. The molecule has 0 aromatic heterocycles. The highest BCUT2D eigenvalue weighted by Gasteiger charge is 2.53. The highest BCUT2D eigenvalue weighted by Crippen LogP contribution is 2.33. The first kappa shape index (κ1) is 20.5. The summed E-state index contributed by atoms with van der Waals surface area (Å²) >= 11 is 0. The van der Waals surface area contributed by atoms with Gasteiger partial charge in [0.2, 0.25) is 0 Å². The first-order valence-corrected chi connectivity index (χ1v) is 6.67. The molecule has 22 heavy (non-hydrogen) atoms. The molecule has 9 heteroatoms. The second kappa shape index (κ2) is 7.64. The molecular weight excluding hydrogens is 310 g/mol. The molecule has 5 nitrogen and oxygen atoms in total. The molecule has 130 valence electrons. The summed E-state index contributed by atoms with van der Waals surface area (Å²) in [5, 5.41) is 2.01. The van der Waals surface area contributed by atoms with Gasteiger partial charge in [-0.2, -0.15) is 8.78 Å². The average Bonchev–Trinajstić information content (AvgIpc) is 2.39. The van der Waals surface area contributed by atoms with Gasteiger partial charge >= 0.3 is 23.9 Å². The molecule has 0 radical (unpaired) electrons. The minimum atomic E-state index is -4.46. The standard InChI is InChI=1S/C13H21F4NO4/c1-5-11(2,3)9(19)21-7-6-18-10(20)22-8-13(16,17)12(4,14)15/h5-8H2,1-4H3,(H,18,20). The fourth-order valence-electron chi connectivity index (χ4n) is 0.970. The lowest BCUT2D eigenvalue weighted by molar-refractivity contribution is -0.214. The Hall–Kier alpha value is -1.54. The number of hydrogen-bond acceptors (Lipinski definition) is 4. The lowest BCUT2D eigenvalue weighted by Crippen LogP contribution is -2.43. The van der Waals surface area contributed by atoms with Gasteiger partial charge < -0.3 is 14.8 Å². The number of alkyl carbamates (subject to hydrolysis) is 1. The zero-order valence-corrected chi connectivity index (χ0v) is 13.0. The number of carbonyl (C=O) groups is 2. The van der Waals surface area contributed by atoms with Gasteiger partial charge in [0.05, 0.1) is 12.0 Å². The number of esters is 1. The summed E-state index contributed by atoms with van der Waals surface area (Å²) in [6.07, 6.45) is -0.739. The Labute approximate surface area is 126 Å². The van der Waals surface area contributed by atoms with Crippen molar-refractivity contribution in [2.75, 3.05) is 19.8 Å². The molecule has 0 saturated carbocycles.